The molecule has 0 aliphatic heterocycles. The zero-order valence-corrected chi connectivity index (χ0v) is 11.1. The van der Waals surface area contributed by atoms with Crippen LogP contribution in [0, 0.1) is 5.92 Å². The maximum Gasteiger partial charge on any atom is 0.182 e. The minimum absolute atomic E-state index is 0.783. The van der Waals surface area contributed by atoms with E-state index in [4.69, 9.17) is 0 Å². The number of nitrogens with zero attached hydrogens (tertiary/aromatic N) is 1. The average molecular weight is 238 g/mol. The van der Waals surface area contributed by atoms with Gasteiger partial charge in [0.15, 0.2) is 5.13 Å². The predicted molar refractivity (Wildman–Crippen MR) is 71.3 cm³/mol. The normalized spacial score (nSPS) is 25.6. The van der Waals surface area contributed by atoms with Crippen LogP contribution in [0.1, 0.15) is 56.7 Å². The summed E-state index contributed by atoms with van der Waals surface area (Å²) >= 11 is 1.86. The molecule has 0 atom stereocenters. The van der Waals surface area contributed by atoms with Gasteiger partial charge in [-0.15, -0.1) is 11.3 Å². The van der Waals surface area contributed by atoms with Gasteiger partial charge < -0.3 is 5.32 Å². The quantitative estimate of drug-likeness (QED) is 0.848. The van der Waals surface area contributed by atoms with Crippen LogP contribution in [0.2, 0.25) is 0 Å². The summed E-state index contributed by atoms with van der Waals surface area (Å²) in [6.07, 6.45) is 8.74. The Morgan fingerprint density at radius 2 is 2.12 bits per heavy atom. The standard InChI is InChI=1S/C13H22N2S/c1-3-8-14-13-15-9-12(16-13)11-6-4-10(2)5-7-11/h9-11H,3-8H2,1-2H3,(H,14,15). The largest absolute Gasteiger partial charge is 0.362 e. The maximum atomic E-state index is 4.46. The van der Waals surface area contributed by atoms with Crippen molar-refractivity contribution in [3.63, 3.8) is 0 Å². The summed E-state index contributed by atoms with van der Waals surface area (Å²) in [5.74, 6) is 1.72. The van der Waals surface area contributed by atoms with Crippen LogP contribution < -0.4 is 5.32 Å². The van der Waals surface area contributed by atoms with Crippen LogP contribution in [0.15, 0.2) is 6.20 Å². The van der Waals surface area contributed by atoms with Crippen molar-refractivity contribution in [3.8, 4) is 0 Å². The SMILES string of the molecule is CCCNc1ncc(C2CCC(C)CC2)s1. The van der Waals surface area contributed by atoms with E-state index < -0.39 is 0 Å². The molecular weight excluding hydrogens is 216 g/mol. The van der Waals surface area contributed by atoms with Crippen LogP contribution >= 0.6 is 11.3 Å². The molecule has 90 valence electrons. The van der Waals surface area contributed by atoms with E-state index in [1.165, 1.54) is 30.6 Å². The van der Waals surface area contributed by atoms with Crippen molar-refractivity contribution in [1.29, 1.82) is 0 Å². The van der Waals surface area contributed by atoms with Crippen molar-refractivity contribution in [2.75, 3.05) is 11.9 Å². The Bertz CT molecular complexity index is 313. The number of aromatic nitrogens is 1. The lowest BCUT2D eigenvalue weighted by molar-refractivity contribution is 0.350. The summed E-state index contributed by atoms with van der Waals surface area (Å²) in [6, 6.07) is 0. The third-order valence-corrected chi connectivity index (χ3v) is 4.59. The van der Waals surface area contributed by atoms with Crippen LogP contribution in [0.3, 0.4) is 0 Å². The van der Waals surface area contributed by atoms with E-state index in [0.717, 1.165) is 29.9 Å². The molecule has 1 fully saturated rings. The van der Waals surface area contributed by atoms with Crippen LogP contribution in [-0.2, 0) is 0 Å². The highest BCUT2D eigenvalue weighted by Crippen LogP contribution is 2.38. The molecule has 0 unspecified atom stereocenters. The van der Waals surface area contributed by atoms with Crippen LogP contribution in [0.4, 0.5) is 5.13 Å². The molecule has 1 heterocycles. The molecule has 1 saturated carbocycles. The van der Waals surface area contributed by atoms with Gasteiger partial charge in [0.25, 0.3) is 0 Å². The highest BCUT2D eigenvalue weighted by Gasteiger charge is 2.21. The van der Waals surface area contributed by atoms with E-state index in [1.807, 2.05) is 11.3 Å². The fraction of sp³-hybridized carbons (Fsp3) is 0.769. The first-order chi connectivity index (χ1) is 7.79. The van der Waals surface area contributed by atoms with Crippen molar-refractivity contribution in [1.82, 2.24) is 4.98 Å². The van der Waals surface area contributed by atoms with Crippen molar-refractivity contribution >= 4 is 16.5 Å². The second-order valence-corrected chi connectivity index (χ2v) is 6.01. The molecule has 0 bridgehead atoms. The maximum absolute atomic E-state index is 4.46. The number of anilines is 1. The van der Waals surface area contributed by atoms with Gasteiger partial charge in [-0.25, -0.2) is 4.98 Å². The molecule has 0 saturated heterocycles. The minimum Gasteiger partial charge on any atom is -0.362 e. The van der Waals surface area contributed by atoms with E-state index in [-0.39, 0.29) is 0 Å². The molecule has 1 aromatic heterocycles. The molecule has 1 N–H and O–H groups in total. The molecular formula is C13H22N2S. The van der Waals surface area contributed by atoms with Gasteiger partial charge in [0.1, 0.15) is 0 Å². The van der Waals surface area contributed by atoms with Gasteiger partial charge in [-0.2, -0.15) is 0 Å². The number of hydrogen-bond acceptors (Lipinski definition) is 3. The number of nitrogens with one attached hydrogen (secondary N) is 1. The van der Waals surface area contributed by atoms with Gasteiger partial charge in [-0.05, 0) is 31.1 Å². The zero-order valence-electron chi connectivity index (χ0n) is 10.3. The Kier molecular flexibility index (Phi) is 4.22. The zero-order chi connectivity index (χ0) is 11.4. The number of rotatable bonds is 4. The third-order valence-electron chi connectivity index (χ3n) is 3.47. The molecule has 2 rings (SSSR count). The summed E-state index contributed by atoms with van der Waals surface area (Å²) in [5, 5.41) is 4.48. The average Bonchev–Trinajstić information content (AvgIpc) is 2.76. The highest BCUT2D eigenvalue weighted by atomic mass is 32.1. The van der Waals surface area contributed by atoms with Crippen LogP contribution in [0.25, 0.3) is 0 Å². The fourth-order valence-corrected chi connectivity index (χ4v) is 3.34. The lowest BCUT2D eigenvalue weighted by Crippen LogP contribution is -2.09. The van der Waals surface area contributed by atoms with Crippen molar-refractivity contribution in [2.45, 2.75) is 51.9 Å². The van der Waals surface area contributed by atoms with Gasteiger partial charge in [-0.3, -0.25) is 0 Å². The van der Waals surface area contributed by atoms with E-state index in [0.29, 0.717) is 0 Å². The lowest BCUT2D eigenvalue weighted by Gasteiger charge is -2.24. The number of thiazole rings is 1. The first-order valence-corrected chi connectivity index (χ1v) is 7.30. The molecule has 16 heavy (non-hydrogen) atoms. The van der Waals surface area contributed by atoms with E-state index in [9.17, 15) is 0 Å². The summed E-state index contributed by atoms with van der Waals surface area (Å²) in [4.78, 5) is 5.95. The minimum atomic E-state index is 0.783. The fourth-order valence-electron chi connectivity index (χ4n) is 2.33. The van der Waals surface area contributed by atoms with Crippen molar-refractivity contribution in [3.05, 3.63) is 11.1 Å². The first kappa shape index (κ1) is 11.9. The lowest BCUT2D eigenvalue weighted by atomic mass is 9.82. The molecule has 1 aliphatic carbocycles. The second-order valence-electron chi connectivity index (χ2n) is 4.95. The first-order valence-electron chi connectivity index (χ1n) is 6.49. The van der Waals surface area contributed by atoms with Crippen LogP contribution in [-0.4, -0.2) is 11.5 Å². The molecule has 0 amide bonds. The molecule has 1 aliphatic rings. The summed E-state index contributed by atoms with van der Waals surface area (Å²) in [5.41, 5.74) is 0. The van der Waals surface area contributed by atoms with Crippen molar-refractivity contribution in [2.24, 2.45) is 5.92 Å². The Hall–Kier alpha value is -0.570. The Morgan fingerprint density at radius 1 is 1.38 bits per heavy atom. The summed E-state index contributed by atoms with van der Waals surface area (Å²) in [7, 11) is 0. The third kappa shape index (κ3) is 2.97. The molecule has 3 heteroatoms. The number of hydrogen-bond donors (Lipinski definition) is 1. The van der Waals surface area contributed by atoms with E-state index >= 15 is 0 Å². The summed E-state index contributed by atoms with van der Waals surface area (Å²) < 4.78 is 0. The van der Waals surface area contributed by atoms with Gasteiger partial charge >= 0.3 is 0 Å². The van der Waals surface area contributed by atoms with Crippen LogP contribution in [0.5, 0.6) is 0 Å². The Labute approximate surface area is 102 Å². The highest BCUT2D eigenvalue weighted by molar-refractivity contribution is 7.15. The topological polar surface area (TPSA) is 24.9 Å². The van der Waals surface area contributed by atoms with Crippen molar-refractivity contribution < 1.29 is 0 Å². The predicted octanol–water partition coefficient (Wildman–Crippen LogP) is 4.26. The van der Waals surface area contributed by atoms with E-state index in [1.54, 1.807) is 0 Å². The van der Waals surface area contributed by atoms with Gasteiger partial charge in [0.05, 0.1) is 0 Å². The Balaban J connectivity index is 1.91. The van der Waals surface area contributed by atoms with Gasteiger partial charge in [0, 0.05) is 17.6 Å². The monoisotopic (exact) mass is 238 g/mol. The van der Waals surface area contributed by atoms with E-state index in [2.05, 4.69) is 30.3 Å². The molecule has 2 nitrogen and oxygen atoms in total. The Morgan fingerprint density at radius 3 is 2.81 bits per heavy atom. The summed E-state index contributed by atoms with van der Waals surface area (Å²) in [6.45, 7) is 5.59. The van der Waals surface area contributed by atoms with Gasteiger partial charge in [-0.1, -0.05) is 26.7 Å². The van der Waals surface area contributed by atoms with Gasteiger partial charge in [0.2, 0.25) is 0 Å². The smallest absolute Gasteiger partial charge is 0.182 e. The molecule has 0 aromatic carbocycles. The molecule has 0 radical (unpaired) electrons. The second kappa shape index (κ2) is 5.67. The molecule has 0 spiro atoms. The molecule has 1 aromatic rings.